The van der Waals surface area contributed by atoms with Gasteiger partial charge >= 0.3 is 0 Å². The van der Waals surface area contributed by atoms with Gasteiger partial charge in [0.2, 0.25) is 0 Å². The minimum atomic E-state index is -0.160. The van der Waals surface area contributed by atoms with Gasteiger partial charge in [-0.3, -0.25) is 0 Å². The highest BCUT2D eigenvalue weighted by Gasteiger charge is 2.20. The van der Waals surface area contributed by atoms with Gasteiger partial charge in [-0.2, -0.15) is 5.10 Å². The summed E-state index contributed by atoms with van der Waals surface area (Å²) >= 11 is 9.61. The summed E-state index contributed by atoms with van der Waals surface area (Å²) in [6, 6.07) is 1.72. The van der Waals surface area contributed by atoms with E-state index in [0.717, 1.165) is 15.9 Å². The average Bonchev–Trinajstić information content (AvgIpc) is 2.55. The topological polar surface area (TPSA) is 43.6 Å². The van der Waals surface area contributed by atoms with E-state index in [1.165, 1.54) is 0 Å². The van der Waals surface area contributed by atoms with Crippen LogP contribution in [0.5, 0.6) is 0 Å². The van der Waals surface area contributed by atoms with E-state index in [1.54, 1.807) is 10.7 Å². The Morgan fingerprint density at radius 2 is 1.84 bits per heavy atom. The lowest BCUT2D eigenvalue weighted by Gasteiger charge is -2.17. The van der Waals surface area contributed by atoms with Gasteiger partial charge in [0.1, 0.15) is 11.0 Å². The number of aromatic nitrogens is 4. The number of halogens is 2. The maximum Gasteiger partial charge on any atom is 0.158 e. The fraction of sp³-hybridized carbons (Fsp3) is 0.462. The van der Waals surface area contributed by atoms with Gasteiger partial charge < -0.3 is 0 Å². The van der Waals surface area contributed by atoms with Gasteiger partial charge in [-0.1, -0.05) is 32.4 Å². The molecule has 0 aliphatic carbocycles. The van der Waals surface area contributed by atoms with Gasteiger partial charge in [0.15, 0.2) is 5.82 Å². The molecular weight excluding hydrogens is 328 g/mol. The summed E-state index contributed by atoms with van der Waals surface area (Å²) in [6.07, 6.45) is 0. The zero-order valence-corrected chi connectivity index (χ0v) is 14.0. The number of hydrogen-bond acceptors (Lipinski definition) is 3. The standard InChI is InChI=1S/C13H16BrClN4/c1-7-11(14)8(2)19(18-7)10-6-9(15)16-12(17-10)13(3,4)5/h6H,1-5H3. The predicted molar refractivity (Wildman–Crippen MR) is 80.0 cm³/mol. The van der Waals surface area contributed by atoms with Crippen molar-refractivity contribution < 1.29 is 0 Å². The van der Waals surface area contributed by atoms with Crippen LogP contribution in [0.3, 0.4) is 0 Å². The minimum Gasteiger partial charge on any atom is -0.220 e. The SMILES string of the molecule is Cc1nn(-c2cc(Cl)nc(C(C)(C)C)n2)c(C)c1Br. The monoisotopic (exact) mass is 342 g/mol. The van der Waals surface area contributed by atoms with Crippen molar-refractivity contribution in [2.75, 3.05) is 0 Å². The Balaban J connectivity index is 2.63. The predicted octanol–water partition coefficient (Wildman–Crippen LogP) is 3.99. The maximum atomic E-state index is 6.10. The first-order valence-corrected chi connectivity index (χ1v) is 7.14. The molecule has 0 unspecified atom stereocenters. The summed E-state index contributed by atoms with van der Waals surface area (Å²) in [6.45, 7) is 10.1. The molecule has 102 valence electrons. The molecule has 0 fully saturated rings. The molecule has 2 heterocycles. The molecule has 0 bridgehead atoms. The Morgan fingerprint density at radius 3 is 2.32 bits per heavy atom. The van der Waals surface area contributed by atoms with Crippen LogP contribution in [-0.4, -0.2) is 19.7 Å². The van der Waals surface area contributed by atoms with Crippen molar-refractivity contribution in [2.45, 2.75) is 40.0 Å². The first-order valence-electron chi connectivity index (χ1n) is 5.97. The van der Waals surface area contributed by atoms with Crippen LogP contribution in [0.15, 0.2) is 10.5 Å². The highest BCUT2D eigenvalue weighted by atomic mass is 79.9. The lowest BCUT2D eigenvalue weighted by atomic mass is 9.96. The normalized spacial score (nSPS) is 11.9. The minimum absolute atomic E-state index is 0.160. The van der Waals surface area contributed by atoms with E-state index < -0.39 is 0 Å². The van der Waals surface area contributed by atoms with Crippen molar-refractivity contribution in [3.63, 3.8) is 0 Å². The van der Waals surface area contributed by atoms with E-state index in [2.05, 4.69) is 51.8 Å². The highest BCUT2D eigenvalue weighted by molar-refractivity contribution is 9.10. The fourth-order valence-corrected chi connectivity index (χ4v) is 2.12. The third-order valence-electron chi connectivity index (χ3n) is 2.77. The van der Waals surface area contributed by atoms with E-state index in [0.29, 0.717) is 16.8 Å². The van der Waals surface area contributed by atoms with Gasteiger partial charge in [0.25, 0.3) is 0 Å². The molecule has 0 aliphatic rings. The van der Waals surface area contributed by atoms with E-state index in [1.807, 2.05) is 13.8 Å². The van der Waals surface area contributed by atoms with Gasteiger partial charge in [0.05, 0.1) is 15.9 Å². The van der Waals surface area contributed by atoms with Crippen molar-refractivity contribution in [1.82, 2.24) is 19.7 Å². The van der Waals surface area contributed by atoms with Gasteiger partial charge in [-0.05, 0) is 29.8 Å². The third-order valence-corrected chi connectivity index (χ3v) is 4.11. The smallest absolute Gasteiger partial charge is 0.158 e. The number of rotatable bonds is 1. The Labute approximate surface area is 126 Å². The molecular formula is C13H16BrClN4. The number of hydrogen-bond donors (Lipinski definition) is 0. The Hall–Kier alpha value is -0.940. The van der Waals surface area contributed by atoms with Gasteiger partial charge in [0, 0.05) is 11.5 Å². The quantitative estimate of drug-likeness (QED) is 0.735. The van der Waals surface area contributed by atoms with Crippen LogP contribution in [0.25, 0.3) is 5.82 Å². The lowest BCUT2D eigenvalue weighted by Crippen LogP contribution is -2.18. The lowest BCUT2D eigenvalue weighted by molar-refractivity contribution is 0.541. The van der Waals surface area contributed by atoms with Crippen molar-refractivity contribution in [3.05, 3.63) is 32.9 Å². The molecule has 0 saturated carbocycles. The second-order valence-corrected chi connectivity index (χ2v) is 6.70. The molecule has 0 atom stereocenters. The van der Waals surface area contributed by atoms with Crippen molar-refractivity contribution in [2.24, 2.45) is 0 Å². The molecule has 0 aromatic carbocycles. The molecule has 6 heteroatoms. The summed E-state index contributed by atoms with van der Waals surface area (Å²) in [7, 11) is 0. The molecule has 0 radical (unpaired) electrons. The van der Waals surface area contributed by atoms with Crippen molar-refractivity contribution in [1.29, 1.82) is 0 Å². The Morgan fingerprint density at radius 1 is 1.21 bits per heavy atom. The molecule has 0 amide bonds. The largest absolute Gasteiger partial charge is 0.220 e. The highest BCUT2D eigenvalue weighted by Crippen LogP contribution is 2.25. The van der Waals surface area contributed by atoms with Crippen LogP contribution in [0, 0.1) is 13.8 Å². The molecule has 0 saturated heterocycles. The summed E-state index contributed by atoms with van der Waals surface area (Å²) in [5.41, 5.74) is 1.75. The van der Waals surface area contributed by atoms with Crippen LogP contribution in [0.4, 0.5) is 0 Å². The fourth-order valence-electron chi connectivity index (χ4n) is 1.70. The van der Waals surface area contributed by atoms with Gasteiger partial charge in [-0.25, -0.2) is 14.6 Å². The summed E-state index contributed by atoms with van der Waals surface area (Å²) in [4.78, 5) is 8.87. The van der Waals surface area contributed by atoms with Crippen LogP contribution < -0.4 is 0 Å². The van der Waals surface area contributed by atoms with Crippen molar-refractivity contribution >= 4 is 27.5 Å². The molecule has 0 N–H and O–H groups in total. The Bertz CT molecular complexity index is 628. The molecule has 2 aromatic heterocycles. The van der Waals surface area contributed by atoms with Crippen molar-refractivity contribution in [3.8, 4) is 5.82 Å². The van der Waals surface area contributed by atoms with E-state index in [9.17, 15) is 0 Å². The molecule has 2 rings (SSSR count). The number of nitrogens with zero attached hydrogens (tertiary/aromatic N) is 4. The molecule has 0 spiro atoms. The Kier molecular flexibility index (Phi) is 3.71. The molecule has 0 aliphatic heterocycles. The van der Waals surface area contributed by atoms with E-state index >= 15 is 0 Å². The third kappa shape index (κ3) is 2.82. The van der Waals surface area contributed by atoms with Crippen LogP contribution >= 0.6 is 27.5 Å². The first kappa shape index (κ1) is 14.5. The zero-order chi connectivity index (χ0) is 14.4. The molecule has 4 nitrogen and oxygen atoms in total. The van der Waals surface area contributed by atoms with Crippen LogP contribution in [0.1, 0.15) is 38.0 Å². The molecule has 2 aromatic rings. The van der Waals surface area contributed by atoms with Crippen LogP contribution in [0.2, 0.25) is 5.15 Å². The number of aryl methyl sites for hydroxylation is 1. The second-order valence-electron chi connectivity index (χ2n) is 5.52. The van der Waals surface area contributed by atoms with Crippen LogP contribution in [-0.2, 0) is 5.41 Å². The average molecular weight is 344 g/mol. The summed E-state index contributed by atoms with van der Waals surface area (Å²) < 4.78 is 2.77. The maximum absolute atomic E-state index is 6.10. The van der Waals surface area contributed by atoms with Gasteiger partial charge in [-0.15, -0.1) is 0 Å². The second kappa shape index (κ2) is 4.87. The first-order chi connectivity index (χ1) is 8.70. The molecule has 19 heavy (non-hydrogen) atoms. The zero-order valence-electron chi connectivity index (χ0n) is 11.6. The van der Waals surface area contributed by atoms with E-state index in [-0.39, 0.29) is 5.41 Å². The summed E-state index contributed by atoms with van der Waals surface area (Å²) in [5.74, 6) is 1.40. The van der Waals surface area contributed by atoms with E-state index in [4.69, 9.17) is 11.6 Å². The summed E-state index contributed by atoms with van der Waals surface area (Å²) in [5, 5.41) is 4.89.